The molecule has 0 radical (unpaired) electrons. The molecule has 2 heterocycles. The molecule has 1 unspecified atom stereocenters. The number of amides is 1. The van der Waals surface area contributed by atoms with Crippen LogP contribution in [0.15, 0.2) is 46.9 Å². The van der Waals surface area contributed by atoms with Crippen LogP contribution < -0.4 is 4.90 Å². The van der Waals surface area contributed by atoms with Gasteiger partial charge in [0.05, 0.1) is 0 Å². The van der Waals surface area contributed by atoms with Crippen LogP contribution in [0.2, 0.25) is 0 Å². The minimum Gasteiger partial charge on any atom is -0.438 e. The van der Waals surface area contributed by atoms with E-state index in [2.05, 4.69) is 41.3 Å². The minimum atomic E-state index is -0.0154. The predicted molar refractivity (Wildman–Crippen MR) is 115 cm³/mol. The number of aromatic nitrogens is 1. The number of likely N-dealkylation sites (tertiary alicyclic amines) is 1. The molecule has 150 valence electrons. The molecule has 1 amide bonds. The third-order valence-electron chi connectivity index (χ3n) is 6.40. The van der Waals surface area contributed by atoms with Crippen LogP contribution in [0, 0.1) is 5.92 Å². The third-order valence-corrected chi connectivity index (χ3v) is 6.40. The molecule has 0 spiro atoms. The molecule has 2 aliphatic rings. The van der Waals surface area contributed by atoms with Crippen molar-refractivity contribution in [1.82, 2.24) is 9.88 Å². The summed E-state index contributed by atoms with van der Waals surface area (Å²) < 4.78 is 6.09. The molecule has 1 saturated heterocycles. The number of rotatable bonds is 4. The first-order valence-electron chi connectivity index (χ1n) is 10.6. The topological polar surface area (TPSA) is 49.6 Å². The molecule has 1 aliphatic carbocycles. The summed E-state index contributed by atoms with van der Waals surface area (Å²) in [5.74, 6) is 1.20. The molecule has 1 aromatic heterocycles. The average Bonchev–Trinajstić information content (AvgIpc) is 3.32. The molecule has 0 bridgehead atoms. The average molecular weight is 389 g/mol. The number of carbonyl (C=O) groups is 1. The standard InChI is InChI=1S/C24H27N3O2/c1-26(2)19-11-8-16(9-12-19)18-10-13-22-20(15-18)25-23(29-22)21-7-4-14-27(21)24(28)17-5-3-6-17/h8-13,15,17,21H,3-7,14H2,1-2H3. The predicted octanol–water partition coefficient (Wildman–Crippen LogP) is 5.02. The van der Waals surface area contributed by atoms with E-state index in [1.165, 1.54) is 12.1 Å². The second kappa shape index (κ2) is 7.21. The van der Waals surface area contributed by atoms with E-state index < -0.39 is 0 Å². The van der Waals surface area contributed by atoms with E-state index in [0.717, 1.165) is 54.5 Å². The van der Waals surface area contributed by atoms with E-state index >= 15 is 0 Å². The van der Waals surface area contributed by atoms with E-state index in [4.69, 9.17) is 9.40 Å². The molecule has 5 rings (SSSR count). The van der Waals surface area contributed by atoms with Crippen LogP contribution in [-0.4, -0.2) is 36.4 Å². The summed E-state index contributed by atoms with van der Waals surface area (Å²) in [6, 6.07) is 14.6. The smallest absolute Gasteiger partial charge is 0.226 e. The Balaban J connectivity index is 1.42. The third kappa shape index (κ3) is 3.28. The largest absolute Gasteiger partial charge is 0.438 e. The van der Waals surface area contributed by atoms with Gasteiger partial charge in [0.1, 0.15) is 11.6 Å². The van der Waals surface area contributed by atoms with Gasteiger partial charge in [-0.3, -0.25) is 4.79 Å². The fraction of sp³-hybridized carbons (Fsp3) is 0.417. The second-order valence-electron chi connectivity index (χ2n) is 8.49. The van der Waals surface area contributed by atoms with Crippen molar-refractivity contribution in [1.29, 1.82) is 0 Å². The van der Waals surface area contributed by atoms with E-state index in [0.29, 0.717) is 11.8 Å². The first kappa shape index (κ1) is 18.2. The number of fused-ring (bicyclic) bond motifs is 1. The number of benzene rings is 2. The van der Waals surface area contributed by atoms with Crippen LogP contribution >= 0.6 is 0 Å². The summed E-state index contributed by atoms with van der Waals surface area (Å²) in [6.45, 7) is 0.822. The number of hydrogen-bond donors (Lipinski definition) is 0. The maximum atomic E-state index is 12.8. The van der Waals surface area contributed by atoms with Crippen molar-refractivity contribution in [2.75, 3.05) is 25.5 Å². The Labute approximate surface area is 171 Å². The number of nitrogens with zero attached hydrogens (tertiary/aromatic N) is 3. The Kier molecular flexibility index (Phi) is 4.53. The summed E-state index contributed by atoms with van der Waals surface area (Å²) in [5, 5.41) is 0. The molecule has 5 heteroatoms. The highest BCUT2D eigenvalue weighted by atomic mass is 16.3. The lowest BCUT2D eigenvalue weighted by atomic mass is 9.84. The maximum absolute atomic E-state index is 12.8. The molecule has 1 atom stereocenters. The van der Waals surface area contributed by atoms with Gasteiger partial charge in [-0.1, -0.05) is 24.6 Å². The molecular weight excluding hydrogens is 362 g/mol. The normalized spacial score (nSPS) is 19.5. The van der Waals surface area contributed by atoms with Crippen LogP contribution in [0.5, 0.6) is 0 Å². The molecule has 1 aliphatic heterocycles. The first-order valence-corrected chi connectivity index (χ1v) is 10.6. The van der Waals surface area contributed by atoms with Crippen molar-refractivity contribution >= 4 is 22.7 Å². The highest BCUT2D eigenvalue weighted by molar-refractivity contribution is 5.82. The summed E-state index contributed by atoms with van der Waals surface area (Å²) in [5.41, 5.74) is 5.10. The minimum absolute atomic E-state index is 0.0154. The number of carbonyl (C=O) groups excluding carboxylic acids is 1. The molecule has 2 fully saturated rings. The summed E-state index contributed by atoms with van der Waals surface area (Å²) in [6.07, 6.45) is 5.20. The van der Waals surface area contributed by atoms with Gasteiger partial charge in [0.15, 0.2) is 5.58 Å². The van der Waals surface area contributed by atoms with E-state index in [1.807, 2.05) is 25.1 Å². The van der Waals surface area contributed by atoms with Gasteiger partial charge in [-0.15, -0.1) is 0 Å². The quantitative estimate of drug-likeness (QED) is 0.628. The van der Waals surface area contributed by atoms with Crippen LogP contribution in [0.1, 0.15) is 44.0 Å². The van der Waals surface area contributed by atoms with Crippen molar-refractivity contribution in [3.8, 4) is 11.1 Å². The monoisotopic (exact) mass is 389 g/mol. The molecule has 5 nitrogen and oxygen atoms in total. The molecule has 1 saturated carbocycles. The van der Waals surface area contributed by atoms with Crippen molar-refractivity contribution in [2.24, 2.45) is 5.92 Å². The van der Waals surface area contributed by atoms with Crippen LogP contribution in [0.25, 0.3) is 22.2 Å². The van der Waals surface area contributed by atoms with Crippen molar-refractivity contribution in [2.45, 2.75) is 38.1 Å². The Hall–Kier alpha value is -2.82. The Morgan fingerprint density at radius 2 is 1.79 bits per heavy atom. The van der Waals surface area contributed by atoms with Gasteiger partial charge in [-0.05, 0) is 61.1 Å². The van der Waals surface area contributed by atoms with Crippen molar-refractivity contribution in [3.05, 3.63) is 48.4 Å². The Bertz CT molecular complexity index is 1030. The van der Waals surface area contributed by atoms with Crippen LogP contribution in [0.3, 0.4) is 0 Å². The Morgan fingerprint density at radius 3 is 2.48 bits per heavy atom. The number of anilines is 1. The molecular formula is C24H27N3O2. The van der Waals surface area contributed by atoms with Crippen LogP contribution in [-0.2, 0) is 4.79 Å². The zero-order chi connectivity index (χ0) is 20.0. The summed E-state index contributed by atoms with van der Waals surface area (Å²) in [4.78, 5) is 21.7. The lowest BCUT2D eigenvalue weighted by Crippen LogP contribution is -2.38. The SMILES string of the molecule is CN(C)c1ccc(-c2ccc3oc(C4CCCN4C(=O)C4CCC4)nc3c2)cc1. The van der Waals surface area contributed by atoms with Gasteiger partial charge in [-0.2, -0.15) is 0 Å². The summed E-state index contributed by atoms with van der Waals surface area (Å²) in [7, 11) is 4.08. The lowest BCUT2D eigenvalue weighted by molar-refractivity contribution is -0.139. The van der Waals surface area contributed by atoms with Crippen molar-refractivity contribution in [3.63, 3.8) is 0 Å². The molecule has 3 aromatic rings. The highest BCUT2D eigenvalue weighted by Gasteiger charge is 2.38. The zero-order valence-corrected chi connectivity index (χ0v) is 17.1. The van der Waals surface area contributed by atoms with E-state index in [-0.39, 0.29) is 12.0 Å². The molecule has 2 aromatic carbocycles. The molecule has 29 heavy (non-hydrogen) atoms. The van der Waals surface area contributed by atoms with Crippen molar-refractivity contribution < 1.29 is 9.21 Å². The van der Waals surface area contributed by atoms with Gasteiger partial charge in [0.25, 0.3) is 0 Å². The fourth-order valence-corrected chi connectivity index (χ4v) is 4.40. The fourth-order valence-electron chi connectivity index (χ4n) is 4.40. The van der Waals surface area contributed by atoms with Gasteiger partial charge in [0, 0.05) is 32.2 Å². The van der Waals surface area contributed by atoms with E-state index in [9.17, 15) is 4.79 Å². The van der Waals surface area contributed by atoms with Crippen LogP contribution in [0.4, 0.5) is 5.69 Å². The van der Waals surface area contributed by atoms with E-state index in [1.54, 1.807) is 0 Å². The number of hydrogen-bond acceptors (Lipinski definition) is 4. The Morgan fingerprint density at radius 1 is 1.03 bits per heavy atom. The lowest BCUT2D eigenvalue weighted by Gasteiger charge is -2.31. The first-order chi connectivity index (χ1) is 14.1. The summed E-state index contributed by atoms with van der Waals surface area (Å²) >= 11 is 0. The van der Waals surface area contributed by atoms with Gasteiger partial charge >= 0.3 is 0 Å². The van der Waals surface area contributed by atoms with Gasteiger partial charge in [0.2, 0.25) is 11.8 Å². The molecule has 0 N–H and O–H groups in total. The zero-order valence-electron chi connectivity index (χ0n) is 17.1. The highest BCUT2D eigenvalue weighted by Crippen LogP contribution is 2.38. The second-order valence-corrected chi connectivity index (χ2v) is 8.49. The number of oxazole rings is 1. The van der Waals surface area contributed by atoms with Gasteiger partial charge < -0.3 is 14.2 Å². The van der Waals surface area contributed by atoms with Gasteiger partial charge in [-0.25, -0.2) is 4.98 Å². The maximum Gasteiger partial charge on any atom is 0.226 e.